The summed E-state index contributed by atoms with van der Waals surface area (Å²) >= 11 is 0. The highest BCUT2D eigenvalue weighted by molar-refractivity contribution is 5.71. The van der Waals surface area contributed by atoms with E-state index in [1.165, 1.54) is 0 Å². The molecule has 0 N–H and O–H groups in total. The molecule has 0 radical (unpaired) electrons. The molecule has 6 heterocycles. The van der Waals surface area contributed by atoms with Gasteiger partial charge in [-0.05, 0) is 72.3 Å². The number of hydrogen-bond acceptors (Lipinski definition) is 10. The number of nitrogens with zero attached hydrogens (tertiary/aromatic N) is 8. The second-order valence-corrected chi connectivity index (χ2v) is 9.17. The van der Waals surface area contributed by atoms with Crippen LogP contribution in [0.1, 0.15) is 5.56 Å². The Hall–Kier alpha value is -6.16. The highest BCUT2D eigenvalue weighted by atomic mass is 16.4. The van der Waals surface area contributed by atoms with Gasteiger partial charge < -0.3 is 8.83 Å². The summed E-state index contributed by atoms with van der Waals surface area (Å²) in [4.78, 5) is 17.7. The Morgan fingerprint density at radius 1 is 0.476 bits per heavy atom. The van der Waals surface area contributed by atoms with Gasteiger partial charge in [-0.25, -0.2) is 0 Å². The molecule has 0 fully saturated rings. The Kier molecular flexibility index (Phi) is 6.38. The second kappa shape index (κ2) is 10.8. The Morgan fingerprint density at radius 2 is 0.929 bits per heavy atom. The third kappa shape index (κ3) is 4.95. The van der Waals surface area contributed by atoms with E-state index in [-0.39, 0.29) is 0 Å². The number of hydrogen-bond donors (Lipinski definition) is 0. The molecule has 0 amide bonds. The van der Waals surface area contributed by atoms with Crippen molar-refractivity contribution in [3.63, 3.8) is 0 Å². The van der Waals surface area contributed by atoms with Crippen molar-refractivity contribution >= 4 is 6.08 Å². The van der Waals surface area contributed by atoms with Crippen molar-refractivity contribution in [1.29, 1.82) is 0 Å². The summed E-state index contributed by atoms with van der Waals surface area (Å²) in [5, 5.41) is 17.0. The molecule has 0 unspecified atom stereocenters. The van der Waals surface area contributed by atoms with Crippen LogP contribution in [-0.2, 0) is 0 Å². The molecule has 0 spiro atoms. The van der Waals surface area contributed by atoms with Gasteiger partial charge in [-0.2, -0.15) is 0 Å². The quantitative estimate of drug-likeness (QED) is 0.213. The molecule has 7 aromatic rings. The van der Waals surface area contributed by atoms with Gasteiger partial charge in [0, 0.05) is 35.9 Å². The number of rotatable bonds is 7. The van der Waals surface area contributed by atoms with E-state index in [0.29, 0.717) is 45.8 Å². The maximum absolute atomic E-state index is 6.02. The van der Waals surface area contributed by atoms with Gasteiger partial charge in [-0.15, -0.1) is 20.4 Å². The summed E-state index contributed by atoms with van der Waals surface area (Å²) in [6.07, 6.45) is 8.56. The van der Waals surface area contributed by atoms with Gasteiger partial charge in [-0.3, -0.25) is 19.9 Å². The predicted octanol–water partition coefficient (Wildman–Crippen LogP) is 6.68. The van der Waals surface area contributed by atoms with Crippen LogP contribution >= 0.6 is 0 Å². The van der Waals surface area contributed by atoms with Crippen molar-refractivity contribution in [2.45, 2.75) is 0 Å². The van der Waals surface area contributed by atoms with Crippen molar-refractivity contribution in [3.8, 4) is 68.6 Å². The summed E-state index contributed by atoms with van der Waals surface area (Å²) in [5.41, 5.74) is 6.64. The van der Waals surface area contributed by atoms with Crippen molar-refractivity contribution in [2.75, 3.05) is 0 Å². The average Bonchev–Trinajstić information content (AvgIpc) is 3.77. The van der Waals surface area contributed by atoms with Crippen LogP contribution in [0, 0.1) is 0 Å². The van der Waals surface area contributed by atoms with E-state index in [0.717, 1.165) is 28.3 Å². The monoisotopic (exact) mass is 548 g/mol. The van der Waals surface area contributed by atoms with Crippen LogP contribution in [0.15, 0.2) is 119 Å². The first-order valence-corrected chi connectivity index (χ1v) is 12.9. The molecule has 7 rings (SSSR count). The minimum Gasteiger partial charge on any atom is -0.416 e. The van der Waals surface area contributed by atoms with Gasteiger partial charge in [0.25, 0.3) is 0 Å². The highest BCUT2D eigenvalue weighted by Gasteiger charge is 2.17. The van der Waals surface area contributed by atoms with Crippen molar-refractivity contribution in [3.05, 3.63) is 116 Å². The molecule has 6 aromatic heterocycles. The lowest BCUT2D eigenvalue weighted by molar-refractivity contribution is 0.582. The van der Waals surface area contributed by atoms with Crippen LogP contribution in [0.5, 0.6) is 0 Å². The number of aromatic nitrogens is 8. The largest absolute Gasteiger partial charge is 0.416 e. The van der Waals surface area contributed by atoms with E-state index in [4.69, 9.17) is 8.83 Å². The smallest absolute Gasteiger partial charge is 0.249 e. The van der Waals surface area contributed by atoms with Crippen molar-refractivity contribution < 1.29 is 8.83 Å². The maximum atomic E-state index is 6.02. The summed E-state index contributed by atoms with van der Waals surface area (Å²) in [7, 11) is 0. The lowest BCUT2D eigenvalue weighted by atomic mass is 10.1. The van der Waals surface area contributed by atoms with Crippen molar-refractivity contribution in [2.24, 2.45) is 0 Å². The molecule has 0 aliphatic carbocycles. The van der Waals surface area contributed by atoms with Gasteiger partial charge >= 0.3 is 0 Å². The second-order valence-electron chi connectivity index (χ2n) is 9.17. The maximum Gasteiger partial charge on any atom is 0.249 e. The topological polar surface area (TPSA) is 129 Å². The molecule has 0 aliphatic heterocycles. The van der Waals surface area contributed by atoms with Crippen LogP contribution in [0.2, 0.25) is 0 Å². The van der Waals surface area contributed by atoms with Crippen LogP contribution < -0.4 is 0 Å². The van der Waals surface area contributed by atoms with E-state index in [2.05, 4.69) is 46.9 Å². The Bertz CT molecular complexity index is 1850. The summed E-state index contributed by atoms with van der Waals surface area (Å²) in [6, 6.07) is 24.5. The lowest BCUT2D eigenvalue weighted by Crippen LogP contribution is -1.87. The fraction of sp³-hybridized carbons (Fsp3) is 0. The third-order valence-electron chi connectivity index (χ3n) is 6.41. The number of benzene rings is 1. The van der Waals surface area contributed by atoms with E-state index < -0.39 is 0 Å². The first kappa shape index (κ1) is 24.9. The molecule has 10 heteroatoms. The van der Waals surface area contributed by atoms with Gasteiger partial charge in [0.15, 0.2) is 0 Å². The first-order chi connectivity index (χ1) is 20.7. The van der Waals surface area contributed by atoms with E-state index in [1.807, 2.05) is 78.9 Å². The summed E-state index contributed by atoms with van der Waals surface area (Å²) in [5.74, 6) is 1.35. The molecular weight excluding hydrogens is 528 g/mol. The standard InChI is InChI=1S/C32H20N8O2/c1-2-20-15-23(31-39-37-29(41-31)21-9-11-27(35-18-21)25-7-3-5-13-33-25)17-24(16-20)32-40-38-30(42-32)22-10-12-28(36-19-22)26-8-4-6-14-34-26/h2-19H,1H2. The van der Waals surface area contributed by atoms with E-state index in [9.17, 15) is 0 Å². The molecule has 0 atom stereocenters. The fourth-order valence-corrected chi connectivity index (χ4v) is 4.30. The van der Waals surface area contributed by atoms with Crippen molar-refractivity contribution in [1.82, 2.24) is 40.3 Å². The summed E-state index contributed by atoms with van der Waals surface area (Å²) in [6.45, 7) is 3.91. The molecule has 0 aliphatic rings. The molecule has 42 heavy (non-hydrogen) atoms. The molecule has 0 saturated heterocycles. The Labute approximate surface area is 239 Å². The Morgan fingerprint density at radius 3 is 1.31 bits per heavy atom. The third-order valence-corrected chi connectivity index (χ3v) is 6.41. The molecule has 0 bridgehead atoms. The van der Waals surface area contributed by atoms with Gasteiger partial charge in [0.05, 0.1) is 33.9 Å². The minimum atomic E-state index is 0.331. The van der Waals surface area contributed by atoms with Gasteiger partial charge in [0.1, 0.15) is 0 Å². The van der Waals surface area contributed by atoms with Crippen LogP contribution in [-0.4, -0.2) is 40.3 Å². The zero-order valence-corrected chi connectivity index (χ0v) is 22.0. The lowest BCUT2D eigenvalue weighted by Gasteiger charge is -2.03. The highest BCUT2D eigenvalue weighted by Crippen LogP contribution is 2.31. The molecular formula is C32H20N8O2. The molecule has 200 valence electrons. The minimum absolute atomic E-state index is 0.331. The zero-order chi connectivity index (χ0) is 28.3. The average molecular weight is 549 g/mol. The summed E-state index contributed by atoms with van der Waals surface area (Å²) < 4.78 is 12.0. The zero-order valence-electron chi connectivity index (χ0n) is 22.0. The number of pyridine rings is 4. The van der Waals surface area contributed by atoms with Crippen LogP contribution in [0.25, 0.3) is 74.7 Å². The van der Waals surface area contributed by atoms with E-state index in [1.54, 1.807) is 30.9 Å². The van der Waals surface area contributed by atoms with Crippen LogP contribution in [0.3, 0.4) is 0 Å². The fourth-order valence-electron chi connectivity index (χ4n) is 4.30. The predicted molar refractivity (Wildman–Crippen MR) is 156 cm³/mol. The van der Waals surface area contributed by atoms with Gasteiger partial charge in [0.2, 0.25) is 23.6 Å². The van der Waals surface area contributed by atoms with Gasteiger partial charge in [-0.1, -0.05) is 24.8 Å². The molecule has 0 saturated carbocycles. The Balaban J connectivity index is 1.15. The van der Waals surface area contributed by atoms with Crippen LogP contribution in [0.4, 0.5) is 0 Å². The first-order valence-electron chi connectivity index (χ1n) is 12.9. The van der Waals surface area contributed by atoms with E-state index >= 15 is 0 Å². The SMILES string of the molecule is C=Cc1cc(-c2nnc(-c3ccc(-c4ccccn4)nc3)o2)cc(-c2nnc(-c3ccc(-c4ccccn4)nc3)o2)c1. The molecule has 1 aromatic carbocycles. The molecule has 10 nitrogen and oxygen atoms in total. The normalized spacial score (nSPS) is 11.0.